The molecule has 1 N–H and O–H groups in total. The SMILES string of the molecule is C1COCCN1.CCCl.CCN1CCOCC1. The lowest BCUT2D eigenvalue weighted by atomic mass is 10.4. The molecule has 2 rings (SSSR count). The highest BCUT2D eigenvalue weighted by atomic mass is 35.5. The normalized spacial score (nSPS) is 20.6. The van der Waals surface area contributed by atoms with E-state index in [1.54, 1.807) is 0 Å². The van der Waals surface area contributed by atoms with Gasteiger partial charge in [-0.3, -0.25) is 4.90 Å². The van der Waals surface area contributed by atoms with Crippen LogP contribution in [0.5, 0.6) is 0 Å². The quantitative estimate of drug-likeness (QED) is 0.723. The van der Waals surface area contributed by atoms with Gasteiger partial charge in [0.25, 0.3) is 0 Å². The van der Waals surface area contributed by atoms with Crippen LogP contribution >= 0.6 is 11.6 Å². The molecule has 0 spiro atoms. The fourth-order valence-electron chi connectivity index (χ4n) is 1.43. The molecule has 0 unspecified atom stereocenters. The summed E-state index contributed by atoms with van der Waals surface area (Å²) in [5.74, 6) is 0.722. The van der Waals surface area contributed by atoms with Crippen LogP contribution in [0.2, 0.25) is 0 Å². The summed E-state index contributed by atoms with van der Waals surface area (Å²) in [6.07, 6.45) is 0. The lowest BCUT2D eigenvalue weighted by Crippen LogP contribution is -2.35. The van der Waals surface area contributed by atoms with Gasteiger partial charge in [0.05, 0.1) is 26.4 Å². The molecule has 0 saturated carbocycles. The Morgan fingerprint density at radius 3 is 1.71 bits per heavy atom. The lowest BCUT2D eigenvalue weighted by molar-refractivity contribution is 0.0405. The van der Waals surface area contributed by atoms with Crippen molar-refractivity contribution in [3.8, 4) is 0 Å². The zero-order valence-electron chi connectivity index (χ0n) is 11.2. The Labute approximate surface area is 111 Å². The maximum atomic E-state index is 5.16. The van der Waals surface area contributed by atoms with E-state index in [1.807, 2.05) is 6.92 Å². The molecule has 4 nitrogen and oxygen atoms in total. The third-order valence-electron chi connectivity index (χ3n) is 2.40. The van der Waals surface area contributed by atoms with Crippen molar-refractivity contribution in [3.63, 3.8) is 0 Å². The first-order chi connectivity index (χ1) is 8.35. The fourth-order valence-corrected chi connectivity index (χ4v) is 1.43. The molecule has 2 heterocycles. The Hall–Kier alpha value is 0.130. The smallest absolute Gasteiger partial charge is 0.0594 e. The number of rotatable bonds is 1. The minimum absolute atomic E-state index is 0.722. The first-order valence-corrected chi connectivity index (χ1v) is 7.03. The van der Waals surface area contributed by atoms with Crippen LogP contribution in [0.4, 0.5) is 0 Å². The molecule has 17 heavy (non-hydrogen) atoms. The highest BCUT2D eigenvalue weighted by Gasteiger charge is 2.05. The van der Waals surface area contributed by atoms with Crippen molar-refractivity contribution in [1.29, 1.82) is 0 Å². The van der Waals surface area contributed by atoms with Crippen molar-refractivity contribution >= 4 is 11.6 Å². The van der Waals surface area contributed by atoms with Gasteiger partial charge in [-0.05, 0) is 6.54 Å². The van der Waals surface area contributed by atoms with Crippen LogP contribution in [0.15, 0.2) is 0 Å². The number of nitrogens with one attached hydrogen (secondary N) is 1. The maximum Gasteiger partial charge on any atom is 0.0594 e. The van der Waals surface area contributed by atoms with Crippen molar-refractivity contribution < 1.29 is 9.47 Å². The maximum absolute atomic E-state index is 5.16. The van der Waals surface area contributed by atoms with E-state index in [9.17, 15) is 0 Å². The van der Waals surface area contributed by atoms with Crippen molar-refractivity contribution in [2.45, 2.75) is 13.8 Å². The average Bonchev–Trinajstić information content (AvgIpc) is 2.43. The van der Waals surface area contributed by atoms with Gasteiger partial charge in [0.1, 0.15) is 0 Å². The molecular formula is C12H27ClN2O2. The average molecular weight is 267 g/mol. The first-order valence-electron chi connectivity index (χ1n) is 6.49. The molecule has 2 saturated heterocycles. The zero-order valence-corrected chi connectivity index (χ0v) is 12.0. The van der Waals surface area contributed by atoms with Crippen LogP contribution in [0.1, 0.15) is 13.8 Å². The van der Waals surface area contributed by atoms with Crippen LogP contribution in [0.25, 0.3) is 0 Å². The van der Waals surface area contributed by atoms with Gasteiger partial charge in [-0.15, -0.1) is 11.6 Å². The Bertz CT molecular complexity index is 129. The molecule has 104 valence electrons. The molecular weight excluding hydrogens is 240 g/mol. The number of likely N-dealkylation sites (N-methyl/N-ethyl adjacent to an activating group) is 1. The molecule has 0 aromatic heterocycles. The Kier molecular flexibility index (Phi) is 14.3. The topological polar surface area (TPSA) is 33.7 Å². The highest BCUT2D eigenvalue weighted by molar-refractivity contribution is 6.17. The van der Waals surface area contributed by atoms with E-state index >= 15 is 0 Å². The molecule has 0 atom stereocenters. The van der Waals surface area contributed by atoms with E-state index in [-0.39, 0.29) is 0 Å². The second kappa shape index (κ2) is 14.2. The molecule has 0 amide bonds. The van der Waals surface area contributed by atoms with Crippen LogP contribution in [0.3, 0.4) is 0 Å². The summed E-state index contributed by atoms with van der Waals surface area (Å²) >= 11 is 5.00. The number of nitrogens with zero attached hydrogens (tertiary/aromatic N) is 1. The van der Waals surface area contributed by atoms with E-state index in [0.29, 0.717) is 0 Å². The Balaban J connectivity index is 0.000000252. The largest absolute Gasteiger partial charge is 0.379 e. The predicted molar refractivity (Wildman–Crippen MR) is 73.0 cm³/mol. The van der Waals surface area contributed by atoms with Gasteiger partial charge in [0.2, 0.25) is 0 Å². The number of morpholine rings is 2. The second-order valence-electron chi connectivity index (χ2n) is 3.68. The van der Waals surface area contributed by atoms with E-state index in [2.05, 4.69) is 17.1 Å². The number of ether oxygens (including phenoxy) is 2. The summed E-state index contributed by atoms with van der Waals surface area (Å²) in [5, 5.41) is 3.16. The van der Waals surface area contributed by atoms with Crippen molar-refractivity contribution in [1.82, 2.24) is 10.2 Å². The van der Waals surface area contributed by atoms with E-state index < -0.39 is 0 Å². The summed E-state index contributed by atoms with van der Waals surface area (Å²) in [6.45, 7) is 13.2. The van der Waals surface area contributed by atoms with Gasteiger partial charge in [-0.25, -0.2) is 0 Å². The third-order valence-corrected chi connectivity index (χ3v) is 2.40. The number of hydrogen-bond donors (Lipinski definition) is 1. The molecule has 0 bridgehead atoms. The van der Waals surface area contributed by atoms with Gasteiger partial charge < -0.3 is 14.8 Å². The number of hydrogen-bond acceptors (Lipinski definition) is 4. The number of halogens is 1. The fraction of sp³-hybridized carbons (Fsp3) is 1.00. The molecule has 2 aliphatic rings. The Morgan fingerprint density at radius 2 is 1.47 bits per heavy atom. The van der Waals surface area contributed by atoms with Crippen LogP contribution in [0, 0.1) is 0 Å². The molecule has 0 aromatic carbocycles. The van der Waals surface area contributed by atoms with Gasteiger partial charge in [-0.2, -0.15) is 0 Å². The van der Waals surface area contributed by atoms with Crippen molar-refractivity contribution in [3.05, 3.63) is 0 Å². The molecule has 0 aliphatic carbocycles. The summed E-state index contributed by atoms with van der Waals surface area (Å²) in [4.78, 5) is 2.39. The van der Waals surface area contributed by atoms with E-state index in [1.165, 1.54) is 6.54 Å². The molecule has 5 heteroatoms. The third kappa shape index (κ3) is 12.4. The van der Waals surface area contributed by atoms with Gasteiger partial charge in [-0.1, -0.05) is 13.8 Å². The van der Waals surface area contributed by atoms with Crippen LogP contribution in [-0.4, -0.2) is 69.9 Å². The Morgan fingerprint density at radius 1 is 1.00 bits per heavy atom. The minimum Gasteiger partial charge on any atom is -0.379 e. The molecule has 2 fully saturated rings. The predicted octanol–water partition coefficient (Wildman–Crippen LogP) is 1.19. The monoisotopic (exact) mass is 266 g/mol. The highest BCUT2D eigenvalue weighted by Crippen LogP contribution is 1.93. The summed E-state index contributed by atoms with van der Waals surface area (Å²) in [7, 11) is 0. The second-order valence-corrected chi connectivity index (χ2v) is 4.21. The standard InChI is InChI=1S/C6H13NO.C4H9NO.C2H5Cl/c1-2-7-3-5-8-6-4-7;1-3-6-4-2-5-1;1-2-3/h2-6H2,1H3;5H,1-4H2;2H2,1H3. The summed E-state index contributed by atoms with van der Waals surface area (Å²) in [5.41, 5.74) is 0. The summed E-state index contributed by atoms with van der Waals surface area (Å²) in [6, 6.07) is 0. The molecule has 0 aromatic rings. The zero-order chi connectivity index (χ0) is 12.8. The van der Waals surface area contributed by atoms with Gasteiger partial charge >= 0.3 is 0 Å². The van der Waals surface area contributed by atoms with Gasteiger partial charge in [0.15, 0.2) is 0 Å². The molecule has 0 radical (unpaired) electrons. The lowest BCUT2D eigenvalue weighted by Gasteiger charge is -2.24. The van der Waals surface area contributed by atoms with Crippen molar-refractivity contribution in [2.75, 3.05) is 65.0 Å². The van der Waals surface area contributed by atoms with Crippen LogP contribution < -0.4 is 5.32 Å². The van der Waals surface area contributed by atoms with E-state index in [4.69, 9.17) is 21.1 Å². The van der Waals surface area contributed by atoms with Crippen molar-refractivity contribution in [2.24, 2.45) is 0 Å². The summed E-state index contributed by atoms with van der Waals surface area (Å²) < 4.78 is 10.2. The minimum atomic E-state index is 0.722. The van der Waals surface area contributed by atoms with Gasteiger partial charge in [0, 0.05) is 32.1 Å². The first kappa shape index (κ1) is 17.1. The number of alkyl halides is 1. The molecule has 2 aliphatic heterocycles. The van der Waals surface area contributed by atoms with Crippen LogP contribution in [-0.2, 0) is 9.47 Å². The van der Waals surface area contributed by atoms with E-state index in [0.717, 1.165) is 58.5 Å².